The van der Waals surface area contributed by atoms with E-state index in [2.05, 4.69) is 101 Å². The largest absolute Gasteiger partial charge is 0.371 e. The van der Waals surface area contributed by atoms with Crippen molar-refractivity contribution < 1.29 is 4.57 Å². The second kappa shape index (κ2) is 11.5. The lowest BCUT2D eigenvalue weighted by Gasteiger charge is -2.36. The van der Waals surface area contributed by atoms with Crippen LogP contribution < -0.4 is 9.47 Å². The van der Waals surface area contributed by atoms with Gasteiger partial charge in [-0.25, -0.2) is 0 Å². The highest BCUT2D eigenvalue weighted by Gasteiger charge is 2.25. The summed E-state index contributed by atoms with van der Waals surface area (Å²) in [6.07, 6.45) is 17.2. The molecule has 0 bridgehead atoms. The molecule has 196 valence electrons. The molecular weight excluding hydrogens is 503 g/mol. The number of fused-ring (bicyclic) bond motifs is 2. The summed E-state index contributed by atoms with van der Waals surface area (Å²) in [6.45, 7) is 8.86. The van der Waals surface area contributed by atoms with Crippen LogP contribution in [0.3, 0.4) is 0 Å². The first-order valence-electron chi connectivity index (χ1n) is 14.3. The lowest BCUT2D eigenvalue weighted by Crippen LogP contribution is -2.33. The molecule has 1 fully saturated rings. The van der Waals surface area contributed by atoms with E-state index in [1.54, 1.807) is 0 Å². The number of rotatable bonds is 6. The molecule has 0 saturated carbocycles. The fourth-order valence-corrected chi connectivity index (χ4v) is 8.37. The average Bonchev–Trinajstić information content (AvgIpc) is 3.52. The van der Waals surface area contributed by atoms with Crippen molar-refractivity contribution in [1.29, 1.82) is 0 Å². The first-order valence-corrected chi connectivity index (χ1v) is 15.9. The number of piperidine rings is 1. The van der Waals surface area contributed by atoms with Crippen LogP contribution in [-0.2, 0) is 6.54 Å². The average molecular weight is 541 g/mol. The SMILES string of the molecule is CCN1C(=CC=C2CCCC(C=Cc3sc4ccccc4[n+]3CC)=C2N2CCCCC2)Sc2ccccc21. The first kappa shape index (κ1) is 25.5. The van der Waals surface area contributed by atoms with Crippen molar-refractivity contribution >= 4 is 45.1 Å². The molecule has 0 unspecified atom stereocenters. The standard InChI is InChI=1S/C33H38N3S2/c1-3-35-27-15-6-8-17-29(27)37-31(35)21-19-25-13-12-14-26(33(25)34-23-10-5-11-24-34)20-22-32-36(4-2)28-16-7-9-18-30(28)38-32/h6-9,15-22H,3-5,10-14,23-24H2,1-2H3/q+1. The van der Waals surface area contributed by atoms with Gasteiger partial charge in [-0.1, -0.05) is 53.4 Å². The van der Waals surface area contributed by atoms with E-state index in [4.69, 9.17) is 0 Å². The van der Waals surface area contributed by atoms with E-state index in [1.165, 1.54) is 86.5 Å². The highest BCUT2D eigenvalue weighted by Crippen LogP contribution is 2.46. The summed E-state index contributed by atoms with van der Waals surface area (Å²) in [5.74, 6) is 0. The molecule has 5 heteroatoms. The van der Waals surface area contributed by atoms with Gasteiger partial charge in [-0.3, -0.25) is 0 Å². The summed E-state index contributed by atoms with van der Waals surface area (Å²) in [5, 5.41) is 2.69. The number of hydrogen-bond acceptors (Lipinski definition) is 4. The number of hydrogen-bond donors (Lipinski definition) is 0. The molecule has 1 aliphatic carbocycles. The summed E-state index contributed by atoms with van der Waals surface area (Å²) < 4.78 is 3.82. The molecular formula is C33H38N3S2+. The second-order valence-electron chi connectivity index (χ2n) is 10.3. The number of nitrogens with zero attached hydrogens (tertiary/aromatic N) is 3. The Morgan fingerprint density at radius 2 is 1.68 bits per heavy atom. The minimum Gasteiger partial charge on any atom is -0.371 e. The third-order valence-corrected chi connectivity index (χ3v) is 10.2. The third-order valence-electron chi connectivity index (χ3n) is 7.93. The van der Waals surface area contributed by atoms with Crippen molar-refractivity contribution in [2.24, 2.45) is 0 Å². The molecule has 0 spiro atoms. The number of aromatic nitrogens is 1. The van der Waals surface area contributed by atoms with Gasteiger partial charge in [-0.15, -0.1) is 0 Å². The van der Waals surface area contributed by atoms with Gasteiger partial charge in [0.1, 0.15) is 11.2 Å². The lowest BCUT2D eigenvalue weighted by molar-refractivity contribution is -0.665. The van der Waals surface area contributed by atoms with Crippen LogP contribution in [0.5, 0.6) is 0 Å². The summed E-state index contributed by atoms with van der Waals surface area (Å²) in [4.78, 5) is 6.51. The lowest BCUT2D eigenvalue weighted by atomic mass is 9.89. The maximum absolute atomic E-state index is 2.69. The van der Waals surface area contributed by atoms with Crippen molar-refractivity contribution in [3.63, 3.8) is 0 Å². The van der Waals surface area contributed by atoms with Crippen molar-refractivity contribution in [3.05, 3.63) is 93.6 Å². The Kier molecular flexibility index (Phi) is 7.75. The fraction of sp³-hybridized carbons (Fsp3) is 0.364. The van der Waals surface area contributed by atoms with Gasteiger partial charge in [-0.2, -0.15) is 4.57 Å². The number of benzene rings is 2. The predicted molar refractivity (Wildman–Crippen MR) is 165 cm³/mol. The van der Waals surface area contributed by atoms with Gasteiger partial charge < -0.3 is 9.80 Å². The van der Waals surface area contributed by atoms with E-state index in [-0.39, 0.29) is 0 Å². The Hall–Kier alpha value is -2.76. The minimum absolute atomic E-state index is 0.994. The number of thioether (sulfide) groups is 1. The zero-order valence-corrected chi connectivity index (χ0v) is 24.3. The van der Waals surface area contributed by atoms with Crippen molar-refractivity contribution in [2.45, 2.75) is 63.8 Å². The van der Waals surface area contributed by atoms with Crippen LogP contribution in [0.1, 0.15) is 57.4 Å². The van der Waals surface area contributed by atoms with Gasteiger partial charge >= 0.3 is 0 Å². The minimum atomic E-state index is 0.994. The molecule has 0 amide bonds. The number of para-hydroxylation sites is 2. The molecule has 1 aromatic heterocycles. The van der Waals surface area contributed by atoms with Gasteiger partial charge in [0.2, 0.25) is 5.52 Å². The van der Waals surface area contributed by atoms with Crippen LogP contribution in [0.15, 0.2) is 93.5 Å². The topological polar surface area (TPSA) is 10.4 Å². The molecule has 3 aromatic rings. The van der Waals surface area contributed by atoms with Gasteiger partial charge in [0.05, 0.1) is 10.7 Å². The number of aryl methyl sites for hydroxylation is 1. The highest BCUT2D eigenvalue weighted by molar-refractivity contribution is 8.03. The van der Waals surface area contributed by atoms with E-state index in [9.17, 15) is 0 Å². The Bertz CT molecular complexity index is 1440. The van der Waals surface area contributed by atoms with Gasteiger partial charge in [0.15, 0.2) is 0 Å². The van der Waals surface area contributed by atoms with Crippen LogP contribution >= 0.6 is 23.1 Å². The van der Waals surface area contributed by atoms with Crippen LogP contribution in [0.4, 0.5) is 5.69 Å². The summed E-state index contributed by atoms with van der Waals surface area (Å²) >= 11 is 3.81. The molecule has 38 heavy (non-hydrogen) atoms. The van der Waals surface area contributed by atoms with Crippen LogP contribution in [0.25, 0.3) is 16.3 Å². The number of likely N-dealkylation sites (tertiary alicyclic amines) is 1. The van der Waals surface area contributed by atoms with Crippen LogP contribution in [0.2, 0.25) is 0 Å². The quantitative estimate of drug-likeness (QED) is 0.290. The predicted octanol–water partition coefficient (Wildman–Crippen LogP) is 8.55. The molecule has 2 aliphatic heterocycles. The Morgan fingerprint density at radius 3 is 2.53 bits per heavy atom. The third kappa shape index (κ3) is 4.99. The van der Waals surface area contributed by atoms with Gasteiger partial charge in [-0.05, 0) is 93.9 Å². The maximum atomic E-state index is 2.69. The first-order chi connectivity index (χ1) is 18.8. The Balaban J connectivity index is 1.37. The smallest absolute Gasteiger partial charge is 0.262 e. The van der Waals surface area contributed by atoms with Crippen molar-refractivity contribution in [3.8, 4) is 0 Å². The second-order valence-corrected chi connectivity index (χ2v) is 12.4. The molecule has 3 heterocycles. The van der Waals surface area contributed by atoms with E-state index in [0.29, 0.717) is 0 Å². The van der Waals surface area contributed by atoms with Gasteiger partial charge in [0.25, 0.3) is 5.01 Å². The highest BCUT2D eigenvalue weighted by atomic mass is 32.2. The van der Waals surface area contributed by atoms with Gasteiger partial charge in [0, 0.05) is 42.4 Å². The maximum Gasteiger partial charge on any atom is 0.262 e. The summed E-state index contributed by atoms with van der Waals surface area (Å²) in [5.41, 5.74) is 7.22. The summed E-state index contributed by atoms with van der Waals surface area (Å²) in [6, 6.07) is 17.6. The number of allylic oxidation sites excluding steroid dienone is 5. The van der Waals surface area contributed by atoms with Crippen LogP contribution in [0, 0.1) is 0 Å². The zero-order chi connectivity index (χ0) is 25.9. The Morgan fingerprint density at radius 1 is 0.868 bits per heavy atom. The molecule has 0 radical (unpaired) electrons. The molecule has 3 aliphatic rings. The Labute approximate surface area is 235 Å². The van der Waals surface area contributed by atoms with E-state index >= 15 is 0 Å². The molecule has 3 nitrogen and oxygen atoms in total. The molecule has 1 saturated heterocycles. The summed E-state index contributed by atoms with van der Waals surface area (Å²) in [7, 11) is 0. The van der Waals surface area contributed by atoms with Crippen molar-refractivity contribution in [2.75, 3.05) is 24.5 Å². The van der Waals surface area contributed by atoms with Crippen molar-refractivity contribution in [1.82, 2.24) is 4.90 Å². The zero-order valence-electron chi connectivity index (χ0n) is 22.7. The van der Waals surface area contributed by atoms with E-state index in [1.807, 2.05) is 23.1 Å². The van der Waals surface area contributed by atoms with E-state index < -0.39 is 0 Å². The number of anilines is 1. The normalized spacial score (nSPS) is 20.5. The molecule has 0 N–H and O–H groups in total. The monoisotopic (exact) mass is 540 g/mol. The molecule has 6 rings (SSSR count). The fourth-order valence-electron chi connectivity index (χ4n) is 6.11. The van der Waals surface area contributed by atoms with Crippen LogP contribution in [-0.4, -0.2) is 24.5 Å². The number of thiazole rings is 1. The molecule has 2 aromatic carbocycles. The molecule has 0 atom stereocenters. The van der Waals surface area contributed by atoms with E-state index in [0.717, 1.165) is 25.9 Å².